The average Bonchev–Trinajstić information content (AvgIpc) is 4.13. The molecule has 77 heavy (non-hydrogen) atoms. The van der Waals surface area contributed by atoms with Crippen LogP contribution in [0.4, 0.5) is 0 Å². The van der Waals surface area contributed by atoms with Gasteiger partial charge in [-0.05, 0) is 159 Å². The van der Waals surface area contributed by atoms with Gasteiger partial charge in [0.15, 0.2) is 0 Å². The molecule has 2 heterocycles. The molecule has 2 nitrogen and oxygen atoms in total. The second-order valence-corrected chi connectivity index (χ2v) is 25.9. The van der Waals surface area contributed by atoms with Crippen LogP contribution in [0.15, 0.2) is 350 Å². The molecular weight excluding hydrogens is 969 g/mol. The summed E-state index contributed by atoms with van der Waals surface area (Å²) < 4.78 is 5.05. The number of fused-ring (bicyclic) bond motifs is 6. The third kappa shape index (κ3) is 7.66. The van der Waals surface area contributed by atoms with Gasteiger partial charge in [0.1, 0.15) is 0 Å². The maximum Gasteiger partial charge on any atom is 0.0552 e. The van der Waals surface area contributed by atoms with Crippen LogP contribution >= 0.6 is 20.1 Å². The number of rotatable bonds is 12. The fourth-order valence-electron chi connectivity index (χ4n) is 12.2. The quantitative estimate of drug-likeness (QED) is 0.115. The maximum atomic E-state index is 2.53. The molecule has 0 unspecified atom stereocenters. The lowest BCUT2D eigenvalue weighted by atomic mass is 10.1. The monoisotopic (exact) mass is 1020 g/mol. The smallest absolute Gasteiger partial charge is 0.0552 e. The third-order valence-electron chi connectivity index (χ3n) is 15.4. The van der Waals surface area contributed by atoms with Gasteiger partial charge in [-0.3, -0.25) is 0 Å². The molecule has 0 amide bonds. The standard InChI is InChI=1S/C73H54N2S2/c1-8-27-54(28-9-1)55-29-24-31-57(51-55)74-68-50-49-58(52-66(68)73-70(74)47-26-48-71(73)77(62-38-16-5-17-39-62,63-40-18-6-19-41-63)64-42-20-7-21-43-64)75-67-45-23-22-44-65(67)72-56(30-25-46-69(72)75)53-76(59-32-10-2-11-33-59,60-34-12-3-13-35-60)61-36-14-4-15-37-61/h1-52H,53H2. The molecule has 0 saturated heterocycles. The Kier molecular flexibility index (Phi) is 11.8. The first-order chi connectivity index (χ1) is 38.2. The van der Waals surface area contributed by atoms with Crippen LogP contribution in [0.25, 0.3) is 66.1 Å². The van der Waals surface area contributed by atoms with Gasteiger partial charge in [-0.15, -0.1) is 10.0 Å². The predicted molar refractivity (Wildman–Crippen MR) is 326 cm³/mol. The molecule has 14 rings (SSSR count). The molecule has 0 radical (unpaired) electrons. The molecule has 368 valence electrons. The molecule has 12 aromatic carbocycles. The summed E-state index contributed by atoms with van der Waals surface area (Å²) in [6, 6.07) is 118. The van der Waals surface area contributed by atoms with E-state index in [9.17, 15) is 0 Å². The van der Waals surface area contributed by atoms with Crippen molar-refractivity contribution in [3.8, 4) is 22.5 Å². The van der Waals surface area contributed by atoms with Gasteiger partial charge in [0.05, 0.1) is 22.1 Å². The Morgan fingerprint density at radius 2 is 0.662 bits per heavy atom. The van der Waals surface area contributed by atoms with E-state index in [1.807, 2.05) is 0 Å². The van der Waals surface area contributed by atoms with Crippen LogP contribution in [0.2, 0.25) is 0 Å². The van der Waals surface area contributed by atoms with E-state index in [4.69, 9.17) is 0 Å². The molecule has 0 aliphatic rings. The van der Waals surface area contributed by atoms with Crippen LogP contribution < -0.4 is 0 Å². The first-order valence-corrected chi connectivity index (χ1v) is 29.8. The van der Waals surface area contributed by atoms with Crippen LogP contribution in [0.3, 0.4) is 0 Å². The lowest BCUT2D eigenvalue weighted by Gasteiger charge is -2.42. The van der Waals surface area contributed by atoms with Gasteiger partial charge in [-0.2, -0.15) is 10.0 Å². The minimum absolute atomic E-state index is 0.845. The molecular formula is C73H54N2S2. The number of hydrogen-bond donors (Lipinski definition) is 0. The van der Waals surface area contributed by atoms with Crippen molar-refractivity contribution in [3.63, 3.8) is 0 Å². The van der Waals surface area contributed by atoms with Crippen LogP contribution in [0.1, 0.15) is 5.56 Å². The topological polar surface area (TPSA) is 9.86 Å². The lowest BCUT2D eigenvalue weighted by Crippen LogP contribution is -2.07. The molecule has 0 atom stereocenters. The van der Waals surface area contributed by atoms with Gasteiger partial charge >= 0.3 is 0 Å². The summed E-state index contributed by atoms with van der Waals surface area (Å²) in [4.78, 5) is 9.25. The molecule has 0 fully saturated rings. The Labute approximate surface area is 453 Å². The van der Waals surface area contributed by atoms with E-state index < -0.39 is 20.1 Å². The number of nitrogens with zero attached hydrogens (tertiary/aromatic N) is 2. The molecule has 4 heteroatoms. The van der Waals surface area contributed by atoms with Gasteiger partial charge in [0.2, 0.25) is 0 Å². The van der Waals surface area contributed by atoms with Gasteiger partial charge in [-0.1, -0.05) is 188 Å². The number of hydrogen-bond acceptors (Lipinski definition) is 0. The molecule has 14 aromatic rings. The zero-order valence-electron chi connectivity index (χ0n) is 42.4. The Hall–Kier alpha value is -9.06. The highest BCUT2D eigenvalue weighted by molar-refractivity contribution is 8.34. The van der Waals surface area contributed by atoms with E-state index in [2.05, 4.69) is 325 Å². The van der Waals surface area contributed by atoms with Crippen molar-refractivity contribution < 1.29 is 0 Å². The van der Waals surface area contributed by atoms with Crippen molar-refractivity contribution >= 4 is 63.7 Å². The molecule has 0 spiro atoms. The number of aromatic nitrogens is 2. The molecule has 0 aliphatic heterocycles. The highest BCUT2D eigenvalue weighted by Crippen LogP contribution is 2.75. The number of para-hydroxylation sites is 1. The molecule has 0 saturated carbocycles. The van der Waals surface area contributed by atoms with Crippen LogP contribution in [-0.2, 0) is 5.75 Å². The van der Waals surface area contributed by atoms with E-state index in [0.717, 1.165) is 22.6 Å². The summed E-state index contributed by atoms with van der Waals surface area (Å²) in [5, 5.41) is 5.01. The zero-order valence-corrected chi connectivity index (χ0v) is 44.1. The summed E-state index contributed by atoms with van der Waals surface area (Å²) in [6.45, 7) is 0. The Bertz CT molecular complexity index is 4190. The molecule has 0 N–H and O–H groups in total. The van der Waals surface area contributed by atoms with Crippen molar-refractivity contribution in [3.05, 3.63) is 321 Å². The Morgan fingerprint density at radius 3 is 1.21 bits per heavy atom. The van der Waals surface area contributed by atoms with Gasteiger partial charge in [-0.25, -0.2) is 0 Å². The fraction of sp³-hybridized carbons (Fsp3) is 0.0137. The van der Waals surface area contributed by atoms with Crippen LogP contribution in [-0.4, -0.2) is 9.13 Å². The first-order valence-electron chi connectivity index (χ1n) is 26.4. The van der Waals surface area contributed by atoms with E-state index in [1.165, 1.54) is 89.1 Å². The van der Waals surface area contributed by atoms with Gasteiger partial charge in [0.25, 0.3) is 0 Å². The van der Waals surface area contributed by atoms with Crippen LogP contribution in [0.5, 0.6) is 0 Å². The van der Waals surface area contributed by atoms with E-state index in [1.54, 1.807) is 0 Å². The Morgan fingerprint density at radius 1 is 0.260 bits per heavy atom. The first kappa shape index (κ1) is 46.5. The SMILES string of the molecule is c1ccc(-c2cccc(-n3c4ccc(-n5c6ccccc6c6c(CS(c7ccccc7)(c7ccccc7)c7ccccc7)cccc65)cc4c4c(S(c5ccccc5)(c5ccccc5)c5ccccc5)cccc43)c2)cc1. The molecule has 0 bridgehead atoms. The fourth-order valence-corrected chi connectivity index (χ4v) is 20.1. The summed E-state index contributed by atoms with van der Waals surface area (Å²) in [5.74, 6) is 0.845. The van der Waals surface area contributed by atoms with Crippen molar-refractivity contribution in [1.82, 2.24) is 9.13 Å². The minimum atomic E-state index is -2.10. The third-order valence-corrected chi connectivity index (χ3v) is 23.3. The average molecular weight is 1020 g/mol. The lowest BCUT2D eigenvalue weighted by molar-refractivity contribution is 1.16. The zero-order chi connectivity index (χ0) is 51.2. The summed E-state index contributed by atoms with van der Waals surface area (Å²) in [6.07, 6.45) is 0. The van der Waals surface area contributed by atoms with Crippen molar-refractivity contribution in [2.75, 3.05) is 0 Å². The van der Waals surface area contributed by atoms with Gasteiger partial charge in [0, 0.05) is 58.3 Å². The summed E-state index contributed by atoms with van der Waals surface area (Å²) in [5.41, 5.74) is 10.7. The predicted octanol–water partition coefficient (Wildman–Crippen LogP) is 20.4. The van der Waals surface area contributed by atoms with E-state index in [0.29, 0.717) is 0 Å². The number of benzene rings is 12. The highest BCUT2D eigenvalue weighted by atomic mass is 32.3. The molecule has 2 aromatic heterocycles. The second-order valence-electron chi connectivity index (χ2n) is 19.6. The van der Waals surface area contributed by atoms with Gasteiger partial charge < -0.3 is 9.13 Å². The van der Waals surface area contributed by atoms with E-state index in [-0.39, 0.29) is 0 Å². The van der Waals surface area contributed by atoms with Crippen molar-refractivity contribution in [1.29, 1.82) is 0 Å². The minimum Gasteiger partial charge on any atom is -0.309 e. The van der Waals surface area contributed by atoms with Crippen molar-refractivity contribution in [2.45, 2.75) is 40.0 Å². The van der Waals surface area contributed by atoms with Crippen molar-refractivity contribution in [2.24, 2.45) is 0 Å². The largest absolute Gasteiger partial charge is 0.309 e. The maximum absolute atomic E-state index is 2.53. The van der Waals surface area contributed by atoms with E-state index >= 15 is 0 Å². The normalized spacial score (nSPS) is 12.4. The second kappa shape index (κ2) is 19.6. The molecule has 0 aliphatic carbocycles. The summed E-state index contributed by atoms with van der Waals surface area (Å²) >= 11 is 0. The summed E-state index contributed by atoms with van der Waals surface area (Å²) in [7, 11) is -3.89. The van der Waals surface area contributed by atoms with Crippen LogP contribution in [0, 0.1) is 0 Å². The highest BCUT2D eigenvalue weighted by Gasteiger charge is 2.37. The Balaban J connectivity index is 1.07.